The Kier molecular flexibility index (Phi) is 5.09. The van der Waals surface area contributed by atoms with E-state index in [1.807, 2.05) is 11.8 Å². The average molecular weight is 318 g/mol. The third-order valence-electron chi connectivity index (χ3n) is 5.18. The number of fused-ring (bicyclic) bond motifs is 1. The Bertz CT molecular complexity index is 526. The van der Waals surface area contributed by atoms with Crippen molar-refractivity contribution in [3.63, 3.8) is 0 Å². The van der Waals surface area contributed by atoms with Crippen LogP contribution in [0.4, 0.5) is 0 Å². The van der Waals surface area contributed by atoms with E-state index >= 15 is 0 Å². The minimum Gasteiger partial charge on any atom is -0.349 e. The van der Waals surface area contributed by atoms with Crippen molar-refractivity contribution in [1.82, 2.24) is 5.32 Å². The maximum Gasteiger partial charge on any atom is 0.221 e. The molecule has 0 bridgehead atoms. The lowest BCUT2D eigenvalue weighted by atomic mass is 9.71. The predicted octanol–water partition coefficient (Wildman–Crippen LogP) is 3.64. The molecule has 22 heavy (non-hydrogen) atoms. The van der Waals surface area contributed by atoms with E-state index in [1.165, 1.54) is 29.7 Å². The topological polar surface area (TPSA) is 55.1 Å². The van der Waals surface area contributed by atoms with Crippen LogP contribution in [0.1, 0.15) is 56.6 Å². The van der Waals surface area contributed by atoms with Gasteiger partial charge in [-0.2, -0.15) is 0 Å². The summed E-state index contributed by atoms with van der Waals surface area (Å²) in [6.45, 7) is 0.636. The van der Waals surface area contributed by atoms with Gasteiger partial charge in [-0.3, -0.25) is 4.79 Å². The van der Waals surface area contributed by atoms with Gasteiger partial charge in [0.2, 0.25) is 5.91 Å². The summed E-state index contributed by atoms with van der Waals surface area (Å²) in [7, 11) is 0. The lowest BCUT2D eigenvalue weighted by molar-refractivity contribution is -0.124. The van der Waals surface area contributed by atoms with Gasteiger partial charge in [0.25, 0.3) is 0 Å². The number of carbonyl (C=O) groups excluding carboxylic acids is 1. The van der Waals surface area contributed by atoms with Crippen LogP contribution in [-0.4, -0.2) is 18.2 Å². The van der Waals surface area contributed by atoms with Crippen LogP contribution in [0.2, 0.25) is 0 Å². The van der Waals surface area contributed by atoms with E-state index in [1.54, 1.807) is 0 Å². The molecule has 1 heterocycles. The molecule has 3 rings (SSSR count). The lowest BCUT2D eigenvalue weighted by Crippen LogP contribution is -2.40. The fourth-order valence-electron chi connectivity index (χ4n) is 3.83. The Morgan fingerprint density at radius 1 is 1.27 bits per heavy atom. The number of amides is 1. The highest BCUT2D eigenvalue weighted by atomic mass is 32.2. The number of rotatable bonds is 4. The highest BCUT2D eigenvalue weighted by molar-refractivity contribution is 7.99. The van der Waals surface area contributed by atoms with E-state index in [0.717, 1.165) is 25.0 Å². The minimum absolute atomic E-state index is 0.0469. The molecule has 1 aromatic rings. The van der Waals surface area contributed by atoms with Crippen LogP contribution in [0.3, 0.4) is 0 Å². The van der Waals surface area contributed by atoms with Gasteiger partial charge in [0, 0.05) is 17.1 Å². The van der Waals surface area contributed by atoms with Crippen molar-refractivity contribution >= 4 is 17.7 Å². The number of nitrogens with two attached hydrogens (primary N) is 1. The summed E-state index contributed by atoms with van der Waals surface area (Å²) in [6, 6.07) is 8.60. The molecule has 3 N–H and O–H groups in total. The average Bonchev–Trinajstić information content (AvgIpc) is 2.56. The van der Waals surface area contributed by atoms with E-state index < -0.39 is 0 Å². The van der Waals surface area contributed by atoms with Crippen LogP contribution in [-0.2, 0) is 4.79 Å². The van der Waals surface area contributed by atoms with E-state index in [9.17, 15) is 4.79 Å². The molecule has 1 amide bonds. The zero-order valence-corrected chi connectivity index (χ0v) is 14.0. The number of hydrogen-bond acceptors (Lipinski definition) is 3. The molecular formula is C18H26N2OS. The lowest BCUT2D eigenvalue weighted by Gasteiger charge is -2.36. The molecule has 1 aliphatic heterocycles. The summed E-state index contributed by atoms with van der Waals surface area (Å²) < 4.78 is 0. The first-order valence-electron chi connectivity index (χ1n) is 8.44. The van der Waals surface area contributed by atoms with Gasteiger partial charge < -0.3 is 11.1 Å². The van der Waals surface area contributed by atoms with Crippen LogP contribution in [0.5, 0.6) is 0 Å². The predicted molar refractivity (Wildman–Crippen MR) is 91.9 cm³/mol. The number of benzene rings is 1. The molecule has 0 saturated heterocycles. The molecule has 1 atom stereocenters. The monoisotopic (exact) mass is 318 g/mol. The van der Waals surface area contributed by atoms with Gasteiger partial charge in [0.1, 0.15) is 0 Å². The van der Waals surface area contributed by atoms with Crippen molar-refractivity contribution < 1.29 is 4.79 Å². The Balaban J connectivity index is 1.65. The Hall–Kier alpha value is -1.00. The van der Waals surface area contributed by atoms with Crippen LogP contribution in [0.25, 0.3) is 0 Å². The summed E-state index contributed by atoms with van der Waals surface area (Å²) in [5.74, 6) is 1.25. The zero-order valence-electron chi connectivity index (χ0n) is 13.1. The largest absolute Gasteiger partial charge is 0.349 e. The van der Waals surface area contributed by atoms with E-state index in [4.69, 9.17) is 5.73 Å². The third-order valence-corrected chi connectivity index (χ3v) is 6.30. The molecule has 1 unspecified atom stereocenters. The van der Waals surface area contributed by atoms with E-state index in [-0.39, 0.29) is 17.4 Å². The number of thioether (sulfide) groups is 1. The van der Waals surface area contributed by atoms with Crippen LogP contribution in [0.15, 0.2) is 29.2 Å². The standard InChI is InChI=1S/C18H26N2OS/c19-13-18(9-4-1-5-10-18)12-17(21)20-15-8-11-22-16-7-3-2-6-14(15)16/h2-3,6-7,15H,1,4-5,8-13,19H2,(H,20,21). The van der Waals surface area contributed by atoms with Gasteiger partial charge >= 0.3 is 0 Å². The number of nitrogens with one attached hydrogen (secondary N) is 1. The quantitative estimate of drug-likeness (QED) is 0.891. The molecular weight excluding hydrogens is 292 g/mol. The number of carbonyl (C=O) groups is 1. The Labute approximate surface area is 137 Å². The maximum absolute atomic E-state index is 12.6. The Morgan fingerprint density at radius 2 is 2.05 bits per heavy atom. The van der Waals surface area contributed by atoms with Gasteiger partial charge in [-0.25, -0.2) is 0 Å². The molecule has 3 nitrogen and oxygen atoms in total. The first kappa shape index (κ1) is 15.9. The molecule has 1 fully saturated rings. The summed E-state index contributed by atoms with van der Waals surface area (Å²) in [6.07, 6.45) is 7.54. The fourth-order valence-corrected chi connectivity index (χ4v) is 4.96. The fraction of sp³-hybridized carbons (Fsp3) is 0.611. The van der Waals surface area contributed by atoms with Gasteiger partial charge in [0.05, 0.1) is 6.04 Å². The normalized spacial score (nSPS) is 23.6. The molecule has 0 spiro atoms. The van der Waals surface area contributed by atoms with Gasteiger partial charge in [0.15, 0.2) is 0 Å². The molecule has 1 aromatic carbocycles. The van der Waals surface area contributed by atoms with Crippen molar-refractivity contribution in [2.75, 3.05) is 12.3 Å². The third kappa shape index (κ3) is 3.49. The minimum atomic E-state index is 0.0469. The second-order valence-electron chi connectivity index (χ2n) is 6.74. The van der Waals surface area contributed by atoms with Crippen molar-refractivity contribution in [3.8, 4) is 0 Å². The zero-order chi connectivity index (χ0) is 15.4. The summed E-state index contributed by atoms with van der Waals surface area (Å²) in [4.78, 5) is 13.9. The second-order valence-corrected chi connectivity index (χ2v) is 7.87. The Morgan fingerprint density at radius 3 is 2.82 bits per heavy atom. The molecule has 0 radical (unpaired) electrons. The molecule has 1 aliphatic carbocycles. The van der Waals surface area contributed by atoms with Gasteiger partial charge in [-0.1, -0.05) is 37.5 Å². The molecule has 1 saturated carbocycles. The van der Waals surface area contributed by atoms with Gasteiger partial charge in [-0.05, 0) is 42.9 Å². The summed E-state index contributed by atoms with van der Waals surface area (Å²) in [5, 5.41) is 3.27. The highest BCUT2D eigenvalue weighted by Crippen LogP contribution is 2.39. The van der Waals surface area contributed by atoms with E-state index in [0.29, 0.717) is 13.0 Å². The van der Waals surface area contributed by atoms with Crippen LogP contribution in [0, 0.1) is 5.41 Å². The van der Waals surface area contributed by atoms with Crippen LogP contribution >= 0.6 is 11.8 Å². The number of hydrogen-bond donors (Lipinski definition) is 2. The van der Waals surface area contributed by atoms with Crippen LogP contribution < -0.4 is 11.1 Å². The molecule has 2 aliphatic rings. The van der Waals surface area contributed by atoms with Crippen molar-refractivity contribution in [3.05, 3.63) is 29.8 Å². The molecule has 120 valence electrons. The second kappa shape index (κ2) is 7.05. The van der Waals surface area contributed by atoms with Crippen molar-refractivity contribution in [2.24, 2.45) is 11.1 Å². The SMILES string of the molecule is NCC1(CC(=O)NC2CCSc3ccccc32)CCCCC1. The smallest absolute Gasteiger partial charge is 0.221 e. The van der Waals surface area contributed by atoms with E-state index in [2.05, 4.69) is 29.6 Å². The maximum atomic E-state index is 12.6. The summed E-state index contributed by atoms with van der Waals surface area (Å²) >= 11 is 1.89. The first-order valence-corrected chi connectivity index (χ1v) is 9.42. The highest BCUT2D eigenvalue weighted by Gasteiger charge is 2.34. The molecule has 4 heteroatoms. The first-order chi connectivity index (χ1) is 10.7. The van der Waals surface area contributed by atoms with Crippen molar-refractivity contribution in [1.29, 1.82) is 0 Å². The summed E-state index contributed by atoms with van der Waals surface area (Å²) in [5.41, 5.74) is 7.34. The van der Waals surface area contributed by atoms with Crippen molar-refractivity contribution in [2.45, 2.75) is 55.9 Å². The molecule has 0 aromatic heterocycles. The van der Waals surface area contributed by atoms with Gasteiger partial charge in [-0.15, -0.1) is 11.8 Å².